The van der Waals surface area contributed by atoms with Crippen LogP contribution in [0.15, 0.2) is 30.3 Å². The van der Waals surface area contributed by atoms with Crippen molar-refractivity contribution in [3.63, 3.8) is 0 Å². The molecule has 0 atom stereocenters. The van der Waals surface area contributed by atoms with Crippen LogP contribution in [-0.2, 0) is 11.2 Å². The standard InChI is InChI=1S/C15H23NO.ClH/c1-17-13-15(9-11-16-12-10-15)8-7-14-5-3-2-4-6-14;/h2-6,16H,7-13H2,1H3;1H. The molecule has 0 amide bonds. The van der Waals surface area contributed by atoms with Crippen LogP contribution >= 0.6 is 12.4 Å². The van der Waals surface area contributed by atoms with Crippen LogP contribution in [0.2, 0.25) is 0 Å². The number of halogens is 1. The number of hydrogen-bond donors (Lipinski definition) is 1. The average molecular weight is 270 g/mol. The molecule has 2 rings (SSSR count). The largest absolute Gasteiger partial charge is 0.384 e. The van der Waals surface area contributed by atoms with Crippen molar-refractivity contribution in [2.24, 2.45) is 5.41 Å². The van der Waals surface area contributed by atoms with Gasteiger partial charge in [-0.3, -0.25) is 0 Å². The summed E-state index contributed by atoms with van der Waals surface area (Å²) in [6.45, 7) is 3.18. The van der Waals surface area contributed by atoms with E-state index >= 15 is 0 Å². The summed E-state index contributed by atoms with van der Waals surface area (Å²) in [7, 11) is 1.83. The number of piperidine rings is 1. The average Bonchev–Trinajstić information content (AvgIpc) is 2.39. The number of hydrogen-bond acceptors (Lipinski definition) is 2. The van der Waals surface area contributed by atoms with E-state index in [1.807, 2.05) is 7.11 Å². The van der Waals surface area contributed by atoms with Crippen molar-refractivity contribution in [1.82, 2.24) is 5.32 Å². The summed E-state index contributed by atoms with van der Waals surface area (Å²) in [6, 6.07) is 10.8. The molecule has 1 aromatic rings. The first-order chi connectivity index (χ1) is 8.35. The van der Waals surface area contributed by atoms with Gasteiger partial charge in [0.05, 0.1) is 6.61 Å². The maximum Gasteiger partial charge on any atom is 0.0519 e. The van der Waals surface area contributed by atoms with Gasteiger partial charge < -0.3 is 10.1 Å². The van der Waals surface area contributed by atoms with Gasteiger partial charge in [0, 0.05) is 7.11 Å². The maximum atomic E-state index is 5.45. The first-order valence-electron chi connectivity index (χ1n) is 6.58. The SMILES string of the molecule is COCC1(CCc2ccccc2)CCNCC1.Cl. The monoisotopic (exact) mass is 269 g/mol. The Balaban J connectivity index is 0.00000162. The summed E-state index contributed by atoms with van der Waals surface area (Å²) >= 11 is 0. The molecule has 1 N–H and O–H groups in total. The third-order valence-corrected chi connectivity index (χ3v) is 3.90. The third-order valence-electron chi connectivity index (χ3n) is 3.90. The molecule has 0 aliphatic carbocycles. The van der Waals surface area contributed by atoms with Crippen LogP contribution in [0.1, 0.15) is 24.8 Å². The van der Waals surface area contributed by atoms with E-state index in [1.54, 1.807) is 0 Å². The molecule has 0 radical (unpaired) electrons. The fourth-order valence-corrected chi connectivity index (χ4v) is 2.78. The molecule has 0 spiro atoms. The first kappa shape index (κ1) is 15.5. The predicted octanol–water partition coefficient (Wildman–Crippen LogP) is 3.06. The Hall–Kier alpha value is -0.570. The lowest BCUT2D eigenvalue weighted by molar-refractivity contribution is 0.0473. The lowest BCUT2D eigenvalue weighted by Gasteiger charge is -2.37. The maximum absolute atomic E-state index is 5.45. The summed E-state index contributed by atoms with van der Waals surface area (Å²) < 4.78 is 5.45. The molecule has 102 valence electrons. The topological polar surface area (TPSA) is 21.3 Å². The molecule has 2 nitrogen and oxygen atoms in total. The molecule has 1 aliphatic rings. The quantitative estimate of drug-likeness (QED) is 0.887. The molecule has 1 fully saturated rings. The van der Waals surface area contributed by atoms with Gasteiger partial charge in [0.1, 0.15) is 0 Å². The van der Waals surface area contributed by atoms with Gasteiger partial charge in [0.15, 0.2) is 0 Å². The Bertz CT molecular complexity index is 317. The van der Waals surface area contributed by atoms with Crippen molar-refractivity contribution in [3.8, 4) is 0 Å². The fraction of sp³-hybridized carbons (Fsp3) is 0.600. The summed E-state index contributed by atoms with van der Waals surface area (Å²) in [5.41, 5.74) is 1.84. The van der Waals surface area contributed by atoms with Crippen molar-refractivity contribution in [2.75, 3.05) is 26.8 Å². The van der Waals surface area contributed by atoms with Gasteiger partial charge in [0.25, 0.3) is 0 Å². The van der Waals surface area contributed by atoms with E-state index in [0.717, 1.165) is 19.7 Å². The Morgan fingerprint density at radius 3 is 2.44 bits per heavy atom. The minimum atomic E-state index is 0. The zero-order valence-corrected chi connectivity index (χ0v) is 12.0. The molecule has 0 unspecified atom stereocenters. The van der Waals surface area contributed by atoms with E-state index in [-0.39, 0.29) is 12.4 Å². The van der Waals surface area contributed by atoms with Gasteiger partial charge >= 0.3 is 0 Å². The second-order valence-corrected chi connectivity index (χ2v) is 5.17. The van der Waals surface area contributed by atoms with Crippen LogP contribution in [-0.4, -0.2) is 26.8 Å². The van der Waals surface area contributed by atoms with Crippen molar-refractivity contribution in [2.45, 2.75) is 25.7 Å². The summed E-state index contributed by atoms with van der Waals surface area (Å²) in [6.07, 6.45) is 4.90. The normalized spacial score (nSPS) is 18.1. The number of aryl methyl sites for hydroxylation is 1. The summed E-state index contributed by atoms with van der Waals surface area (Å²) in [4.78, 5) is 0. The molecule has 1 aromatic carbocycles. The van der Waals surface area contributed by atoms with Gasteiger partial charge in [-0.2, -0.15) is 0 Å². The van der Waals surface area contributed by atoms with E-state index in [0.29, 0.717) is 5.41 Å². The van der Waals surface area contributed by atoms with E-state index in [4.69, 9.17) is 4.74 Å². The predicted molar refractivity (Wildman–Crippen MR) is 78.4 cm³/mol. The van der Waals surface area contributed by atoms with Crippen molar-refractivity contribution in [1.29, 1.82) is 0 Å². The van der Waals surface area contributed by atoms with Gasteiger partial charge in [-0.1, -0.05) is 30.3 Å². The molecular weight excluding hydrogens is 246 g/mol. The third kappa shape index (κ3) is 4.27. The van der Waals surface area contributed by atoms with Crippen LogP contribution in [0.25, 0.3) is 0 Å². The minimum absolute atomic E-state index is 0. The molecule has 3 heteroatoms. The van der Waals surface area contributed by atoms with Gasteiger partial charge in [0.2, 0.25) is 0 Å². The van der Waals surface area contributed by atoms with E-state index in [2.05, 4.69) is 35.6 Å². The Morgan fingerprint density at radius 2 is 1.83 bits per heavy atom. The Labute approximate surface area is 117 Å². The second kappa shape index (κ2) is 7.78. The molecule has 1 aliphatic heterocycles. The minimum Gasteiger partial charge on any atom is -0.384 e. The zero-order chi connectivity index (χ0) is 12.0. The van der Waals surface area contributed by atoms with Gasteiger partial charge in [-0.05, 0) is 49.8 Å². The number of rotatable bonds is 5. The molecular formula is C15H24ClNO. The fourth-order valence-electron chi connectivity index (χ4n) is 2.78. The molecule has 0 saturated carbocycles. The van der Waals surface area contributed by atoms with Crippen LogP contribution in [0.3, 0.4) is 0 Å². The molecule has 0 aromatic heterocycles. The van der Waals surface area contributed by atoms with Crippen LogP contribution in [0.4, 0.5) is 0 Å². The van der Waals surface area contributed by atoms with Crippen molar-refractivity contribution >= 4 is 12.4 Å². The highest BCUT2D eigenvalue weighted by molar-refractivity contribution is 5.85. The Kier molecular flexibility index (Phi) is 6.69. The lowest BCUT2D eigenvalue weighted by atomic mass is 9.75. The van der Waals surface area contributed by atoms with E-state index in [9.17, 15) is 0 Å². The van der Waals surface area contributed by atoms with Crippen LogP contribution < -0.4 is 5.32 Å². The zero-order valence-electron chi connectivity index (χ0n) is 11.2. The van der Waals surface area contributed by atoms with Crippen molar-refractivity contribution in [3.05, 3.63) is 35.9 Å². The van der Waals surface area contributed by atoms with Gasteiger partial charge in [-0.15, -0.1) is 12.4 Å². The number of ether oxygens (including phenoxy) is 1. The number of benzene rings is 1. The highest BCUT2D eigenvalue weighted by Gasteiger charge is 2.31. The lowest BCUT2D eigenvalue weighted by Crippen LogP contribution is -2.40. The highest BCUT2D eigenvalue weighted by Crippen LogP contribution is 2.34. The number of nitrogens with one attached hydrogen (secondary N) is 1. The van der Waals surface area contributed by atoms with E-state index < -0.39 is 0 Å². The van der Waals surface area contributed by atoms with Crippen LogP contribution in [0, 0.1) is 5.41 Å². The van der Waals surface area contributed by atoms with Crippen LogP contribution in [0.5, 0.6) is 0 Å². The van der Waals surface area contributed by atoms with Gasteiger partial charge in [-0.25, -0.2) is 0 Å². The van der Waals surface area contributed by atoms with Crippen molar-refractivity contribution < 1.29 is 4.74 Å². The molecule has 0 bridgehead atoms. The van der Waals surface area contributed by atoms with E-state index in [1.165, 1.54) is 31.2 Å². The smallest absolute Gasteiger partial charge is 0.0519 e. The summed E-state index contributed by atoms with van der Waals surface area (Å²) in [5, 5.41) is 3.44. The Morgan fingerprint density at radius 1 is 1.17 bits per heavy atom. The first-order valence-corrected chi connectivity index (χ1v) is 6.58. The second-order valence-electron chi connectivity index (χ2n) is 5.17. The summed E-state index contributed by atoms with van der Waals surface area (Å²) in [5.74, 6) is 0. The molecule has 1 saturated heterocycles. The number of methoxy groups -OCH3 is 1. The highest BCUT2D eigenvalue weighted by atomic mass is 35.5. The molecule has 1 heterocycles. The molecule has 18 heavy (non-hydrogen) atoms.